The van der Waals surface area contributed by atoms with E-state index in [2.05, 4.69) is 86.2 Å². The summed E-state index contributed by atoms with van der Waals surface area (Å²) in [6, 6.07) is 23.7. The maximum Gasteiger partial charge on any atom is 0.336 e. The highest BCUT2D eigenvalue weighted by Gasteiger charge is 2.14. The van der Waals surface area contributed by atoms with Crippen LogP contribution in [0.4, 0.5) is 0 Å². The number of carbonyl (C=O) groups is 2. The van der Waals surface area contributed by atoms with Gasteiger partial charge < -0.3 is 10.2 Å². The Bertz CT molecular complexity index is 1880. The quantitative estimate of drug-likeness (QED) is 0.0446. The number of carboxylic acids is 2. The molecule has 5 rings (SSSR count). The summed E-state index contributed by atoms with van der Waals surface area (Å²) >= 11 is 0. The van der Waals surface area contributed by atoms with Gasteiger partial charge in [0.1, 0.15) is 0 Å². The lowest BCUT2D eigenvalue weighted by molar-refractivity contribution is 0.0651. The van der Waals surface area contributed by atoms with Crippen molar-refractivity contribution in [2.75, 3.05) is 0 Å². The molecule has 0 unspecified atom stereocenters. The molecule has 6 heteroatoms. The standard InChI is InChI=1S/2C25H39N.C8H6O4/c2*1-3-5-7-9-11-13-16-22-20-23(17-14-12-10-8-6-4-2)25-24(21-22)18-15-19-26-25;9-7(10)5-3-1-2-4-6(5)8(11)12/h2*15,18-21H,3-14,16-17H2,1-2H3;1-4H,(H,9,10)(H,11,12). The van der Waals surface area contributed by atoms with E-state index in [1.807, 2.05) is 12.4 Å². The number of fused-ring (bicyclic) bond motifs is 2. The number of aromatic nitrogens is 2. The Kier molecular flexibility index (Phi) is 28.4. The average molecular weight is 873 g/mol. The second kappa shape index (κ2) is 33.9. The summed E-state index contributed by atoms with van der Waals surface area (Å²) in [6.07, 6.45) is 41.5. The van der Waals surface area contributed by atoms with Crippen LogP contribution in [0.2, 0.25) is 0 Å². The van der Waals surface area contributed by atoms with Crippen molar-refractivity contribution in [1.82, 2.24) is 9.97 Å². The van der Waals surface area contributed by atoms with E-state index in [1.54, 1.807) is 0 Å². The molecule has 0 aliphatic heterocycles. The van der Waals surface area contributed by atoms with Crippen LogP contribution in [0.25, 0.3) is 21.8 Å². The fourth-order valence-corrected chi connectivity index (χ4v) is 8.61. The predicted octanol–water partition coefficient (Wildman–Crippen LogP) is 17.2. The molecule has 0 amide bonds. The summed E-state index contributed by atoms with van der Waals surface area (Å²) in [5, 5.41) is 19.8. The first-order chi connectivity index (χ1) is 31.3. The lowest BCUT2D eigenvalue weighted by Crippen LogP contribution is -2.06. The van der Waals surface area contributed by atoms with Crippen LogP contribution in [0.5, 0.6) is 0 Å². The van der Waals surface area contributed by atoms with Crippen LogP contribution in [-0.2, 0) is 25.7 Å². The van der Waals surface area contributed by atoms with Gasteiger partial charge in [0.25, 0.3) is 0 Å². The molecule has 5 aromatic rings. The van der Waals surface area contributed by atoms with Gasteiger partial charge in [-0.15, -0.1) is 0 Å². The Hall–Kier alpha value is -4.58. The molecule has 0 atom stereocenters. The van der Waals surface area contributed by atoms with Gasteiger partial charge in [0.2, 0.25) is 0 Å². The maximum atomic E-state index is 10.5. The molecular weight excluding hydrogens is 789 g/mol. The number of pyridine rings is 2. The smallest absolute Gasteiger partial charge is 0.336 e. The third-order valence-corrected chi connectivity index (χ3v) is 12.3. The molecule has 0 fully saturated rings. The van der Waals surface area contributed by atoms with Crippen molar-refractivity contribution in [2.24, 2.45) is 0 Å². The number of hydrogen-bond donors (Lipinski definition) is 2. The van der Waals surface area contributed by atoms with E-state index in [0.29, 0.717) is 0 Å². The third kappa shape index (κ3) is 21.4. The Morgan fingerprint density at radius 3 is 1.03 bits per heavy atom. The van der Waals surface area contributed by atoms with Gasteiger partial charge in [-0.3, -0.25) is 9.97 Å². The van der Waals surface area contributed by atoms with Crippen LogP contribution in [0, 0.1) is 0 Å². The van der Waals surface area contributed by atoms with E-state index in [0.717, 1.165) is 0 Å². The number of nitrogens with zero attached hydrogens (tertiary/aromatic N) is 2. The number of aryl methyl sites for hydroxylation is 4. The molecule has 6 nitrogen and oxygen atoms in total. The van der Waals surface area contributed by atoms with Crippen LogP contribution in [0.1, 0.15) is 225 Å². The number of hydrogen-bond acceptors (Lipinski definition) is 4. The molecule has 0 spiro atoms. The van der Waals surface area contributed by atoms with Crippen molar-refractivity contribution in [3.05, 3.63) is 119 Å². The first-order valence-electron chi connectivity index (χ1n) is 25.6. The van der Waals surface area contributed by atoms with Crippen LogP contribution in [0.15, 0.2) is 85.2 Å². The highest BCUT2D eigenvalue weighted by Crippen LogP contribution is 2.25. The summed E-state index contributed by atoms with van der Waals surface area (Å²) in [4.78, 5) is 30.3. The molecule has 3 aromatic carbocycles. The van der Waals surface area contributed by atoms with Crippen LogP contribution < -0.4 is 0 Å². The molecule has 0 aliphatic rings. The Balaban J connectivity index is 0.000000273. The van der Waals surface area contributed by atoms with Gasteiger partial charge >= 0.3 is 11.9 Å². The fourth-order valence-electron chi connectivity index (χ4n) is 8.61. The van der Waals surface area contributed by atoms with Gasteiger partial charge in [0.05, 0.1) is 22.2 Å². The topological polar surface area (TPSA) is 100 Å². The SMILES string of the molecule is CCCCCCCCc1cc(CCCCCCCC)c2ncccc2c1.CCCCCCCCc1cc(CCCCCCCC)c2ncccc2c1.O=C(O)c1ccccc1C(=O)O. The minimum atomic E-state index is -1.23. The van der Waals surface area contributed by atoms with Crippen LogP contribution in [-0.4, -0.2) is 32.1 Å². The zero-order chi connectivity index (χ0) is 46.0. The lowest BCUT2D eigenvalue weighted by Gasteiger charge is -2.10. The van der Waals surface area contributed by atoms with Crippen molar-refractivity contribution in [1.29, 1.82) is 0 Å². The molecule has 0 bridgehead atoms. The van der Waals surface area contributed by atoms with E-state index < -0.39 is 11.9 Å². The zero-order valence-electron chi connectivity index (χ0n) is 40.5. The molecular formula is C58H84N2O4. The van der Waals surface area contributed by atoms with Gasteiger partial charge in [0.15, 0.2) is 0 Å². The van der Waals surface area contributed by atoms with Crippen LogP contribution >= 0.6 is 0 Å². The molecule has 0 radical (unpaired) electrons. The molecule has 2 N–H and O–H groups in total. The monoisotopic (exact) mass is 873 g/mol. The van der Waals surface area contributed by atoms with E-state index >= 15 is 0 Å². The number of carboxylic acid groups (broad SMARTS) is 2. The van der Waals surface area contributed by atoms with Gasteiger partial charge in [-0.2, -0.15) is 0 Å². The summed E-state index contributed by atoms with van der Waals surface area (Å²) in [7, 11) is 0. The fraction of sp³-hybridized carbons (Fsp3) is 0.552. The van der Waals surface area contributed by atoms with Gasteiger partial charge in [-0.05, 0) is 110 Å². The largest absolute Gasteiger partial charge is 0.478 e. The average Bonchev–Trinajstić information content (AvgIpc) is 3.31. The molecule has 2 aromatic heterocycles. The maximum absolute atomic E-state index is 10.5. The van der Waals surface area contributed by atoms with Crippen LogP contribution in [0.3, 0.4) is 0 Å². The van der Waals surface area contributed by atoms with E-state index in [9.17, 15) is 9.59 Å². The molecule has 2 heterocycles. The lowest BCUT2D eigenvalue weighted by atomic mass is 9.97. The Morgan fingerprint density at radius 2 is 0.703 bits per heavy atom. The first-order valence-corrected chi connectivity index (χ1v) is 25.6. The van der Waals surface area contributed by atoms with E-state index in [1.165, 1.54) is 248 Å². The zero-order valence-corrected chi connectivity index (χ0v) is 40.5. The van der Waals surface area contributed by atoms with Gasteiger partial charge in [-0.1, -0.05) is 193 Å². The number of unbranched alkanes of at least 4 members (excludes halogenated alkanes) is 20. The molecule has 0 saturated heterocycles. The highest BCUT2D eigenvalue weighted by molar-refractivity contribution is 6.01. The third-order valence-electron chi connectivity index (χ3n) is 12.3. The Morgan fingerprint density at radius 1 is 0.391 bits per heavy atom. The molecule has 350 valence electrons. The minimum absolute atomic E-state index is 0.190. The van der Waals surface area contributed by atoms with Crippen molar-refractivity contribution >= 4 is 33.7 Å². The summed E-state index contributed by atoms with van der Waals surface area (Å²) in [6.45, 7) is 9.14. The second-order valence-corrected chi connectivity index (χ2v) is 17.9. The second-order valence-electron chi connectivity index (χ2n) is 17.9. The number of benzene rings is 3. The van der Waals surface area contributed by atoms with Crippen molar-refractivity contribution < 1.29 is 19.8 Å². The summed E-state index contributed by atoms with van der Waals surface area (Å²) in [5.74, 6) is -2.46. The normalized spacial score (nSPS) is 10.9. The van der Waals surface area contributed by atoms with E-state index in [-0.39, 0.29) is 11.1 Å². The molecule has 64 heavy (non-hydrogen) atoms. The predicted molar refractivity (Wildman–Crippen MR) is 272 cm³/mol. The number of aromatic carboxylic acids is 2. The van der Waals surface area contributed by atoms with Crippen molar-refractivity contribution in [3.8, 4) is 0 Å². The van der Waals surface area contributed by atoms with E-state index in [4.69, 9.17) is 10.2 Å². The number of rotatable bonds is 30. The van der Waals surface area contributed by atoms with Gasteiger partial charge in [0, 0.05) is 23.2 Å². The molecule has 0 aliphatic carbocycles. The Labute approximate surface area is 388 Å². The van der Waals surface area contributed by atoms with Gasteiger partial charge in [-0.25, -0.2) is 9.59 Å². The molecule has 0 saturated carbocycles. The summed E-state index contributed by atoms with van der Waals surface area (Å²) < 4.78 is 0. The highest BCUT2D eigenvalue weighted by atomic mass is 16.4. The first kappa shape index (κ1) is 53.8. The van der Waals surface area contributed by atoms with Crippen molar-refractivity contribution in [2.45, 2.75) is 207 Å². The summed E-state index contributed by atoms with van der Waals surface area (Å²) in [5.41, 5.74) is 8.05. The van der Waals surface area contributed by atoms with Crippen molar-refractivity contribution in [3.63, 3.8) is 0 Å². The minimum Gasteiger partial charge on any atom is -0.478 e.